The van der Waals surface area contributed by atoms with E-state index < -0.39 is 5.97 Å². The van der Waals surface area contributed by atoms with Crippen LogP contribution in [-0.4, -0.2) is 31.1 Å². The fourth-order valence-corrected chi connectivity index (χ4v) is 1.94. The van der Waals surface area contributed by atoms with Crippen LogP contribution in [-0.2, 0) is 6.54 Å². The average Bonchev–Trinajstić information content (AvgIpc) is 2.88. The highest BCUT2D eigenvalue weighted by atomic mass is 16.4. The Hall–Kier alpha value is -2.76. The van der Waals surface area contributed by atoms with Gasteiger partial charge in [0, 0.05) is 11.6 Å². The van der Waals surface area contributed by atoms with Gasteiger partial charge in [-0.05, 0) is 11.6 Å². The SMILES string of the molecule is O=C(O)c1cn(Cc2cccc3cccnc23)nn1. The van der Waals surface area contributed by atoms with E-state index in [2.05, 4.69) is 15.3 Å². The smallest absolute Gasteiger partial charge is 0.358 e. The molecule has 0 amide bonds. The van der Waals surface area contributed by atoms with E-state index in [1.165, 1.54) is 10.9 Å². The van der Waals surface area contributed by atoms with Gasteiger partial charge >= 0.3 is 5.97 Å². The van der Waals surface area contributed by atoms with Crippen molar-refractivity contribution >= 4 is 16.9 Å². The third kappa shape index (κ3) is 2.15. The van der Waals surface area contributed by atoms with Crippen LogP contribution in [0.3, 0.4) is 0 Å². The summed E-state index contributed by atoms with van der Waals surface area (Å²) >= 11 is 0. The van der Waals surface area contributed by atoms with Crippen molar-refractivity contribution in [3.8, 4) is 0 Å². The lowest BCUT2D eigenvalue weighted by molar-refractivity contribution is 0.0690. The molecule has 0 aliphatic rings. The van der Waals surface area contributed by atoms with Gasteiger partial charge in [-0.1, -0.05) is 29.5 Å². The van der Waals surface area contributed by atoms with E-state index in [0.29, 0.717) is 6.54 Å². The molecule has 6 heteroatoms. The van der Waals surface area contributed by atoms with Gasteiger partial charge in [-0.3, -0.25) is 4.98 Å². The number of fused-ring (bicyclic) bond motifs is 1. The number of nitrogens with zero attached hydrogens (tertiary/aromatic N) is 4. The molecule has 0 saturated heterocycles. The predicted octanol–water partition coefficient (Wildman–Crippen LogP) is 1.57. The Kier molecular flexibility index (Phi) is 2.68. The van der Waals surface area contributed by atoms with Crippen molar-refractivity contribution in [1.82, 2.24) is 20.0 Å². The van der Waals surface area contributed by atoms with Gasteiger partial charge < -0.3 is 5.11 Å². The fourth-order valence-electron chi connectivity index (χ4n) is 1.94. The Balaban J connectivity index is 1.98. The lowest BCUT2D eigenvalue weighted by Gasteiger charge is -2.04. The summed E-state index contributed by atoms with van der Waals surface area (Å²) in [4.78, 5) is 15.1. The zero-order valence-corrected chi connectivity index (χ0v) is 9.89. The fraction of sp³-hybridized carbons (Fsp3) is 0.0769. The molecule has 0 aliphatic carbocycles. The standard InChI is InChI=1S/C13H10N4O2/c18-13(19)11-8-17(16-15-11)7-10-4-1-3-9-5-2-6-14-12(9)10/h1-6,8H,7H2,(H,18,19). The lowest BCUT2D eigenvalue weighted by Crippen LogP contribution is -2.02. The molecule has 1 N–H and O–H groups in total. The minimum atomic E-state index is -1.08. The Labute approximate surface area is 108 Å². The normalized spacial score (nSPS) is 10.7. The molecule has 0 aliphatic heterocycles. The number of para-hydroxylation sites is 1. The van der Waals surface area contributed by atoms with Crippen molar-refractivity contribution < 1.29 is 9.90 Å². The third-order valence-corrected chi connectivity index (χ3v) is 2.81. The van der Waals surface area contributed by atoms with E-state index in [-0.39, 0.29) is 5.69 Å². The summed E-state index contributed by atoms with van der Waals surface area (Å²) in [5, 5.41) is 17.2. The Bertz CT molecular complexity index is 746. The quantitative estimate of drug-likeness (QED) is 0.767. The van der Waals surface area contributed by atoms with Crippen molar-refractivity contribution in [3.63, 3.8) is 0 Å². The number of aromatic carboxylic acids is 1. The van der Waals surface area contributed by atoms with Crippen molar-refractivity contribution in [2.24, 2.45) is 0 Å². The summed E-state index contributed by atoms with van der Waals surface area (Å²) in [6, 6.07) is 9.72. The Morgan fingerprint density at radius 2 is 2.11 bits per heavy atom. The minimum Gasteiger partial charge on any atom is -0.476 e. The number of hydrogen-bond donors (Lipinski definition) is 1. The number of carboxylic acid groups (broad SMARTS) is 1. The minimum absolute atomic E-state index is 0.0619. The summed E-state index contributed by atoms with van der Waals surface area (Å²) in [7, 11) is 0. The third-order valence-electron chi connectivity index (χ3n) is 2.81. The van der Waals surface area contributed by atoms with Gasteiger partial charge in [-0.15, -0.1) is 5.10 Å². The highest BCUT2D eigenvalue weighted by Gasteiger charge is 2.09. The first-order valence-corrected chi connectivity index (χ1v) is 5.70. The zero-order valence-electron chi connectivity index (χ0n) is 9.89. The van der Waals surface area contributed by atoms with Crippen LogP contribution in [0, 0.1) is 0 Å². The number of carbonyl (C=O) groups is 1. The second-order valence-corrected chi connectivity index (χ2v) is 4.10. The van der Waals surface area contributed by atoms with Gasteiger partial charge in [0.05, 0.1) is 18.3 Å². The second-order valence-electron chi connectivity index (χ2n) is 4.10. The van der Waals surface area contributed by atoms with Gasteiger partial charge in [0.2, 0.25) is 0 Å². The Morgan fingerprint density at radius 3 is 2.89 bits per heavy atom. The maximum atomic E-state index is 10.8. The van der Waals surface area contributed by atoms with Crippen LogP contribution < -0.4 is 0 Å². The molecule has 1 aromatic carbocycles. The maximum absolute atomic E-state index is 10.8. The molecular weight excluding hydrogens is 244 g/mol. The highest BCUT2D eigenvalue weighted by Crippen LogP contribution is 2.16. The van der Waals surface area contributed by atoms with Crippen LogP contribution in [0.4, 0.5) is 0 Å². The zero-order chi connectivity index (χ0) is 13.2. The molecule has 0 bridgehead atoms. The van der Waals surface area contributed by atoms with Crippen molar-refractivity contribution in [3.05, 3.63) is 54.0 Å². The number of pyridine rings is 1. The maximum Gasteiger partial charge on any atom is 0.358 e. The van der Waals surface area contributed by atoms with Crippen molar-refractivity contribution in [1.29, 1.82) is 0 Å². The van der Waals surface area contributed by atoms with E-state index in [9.17, 15) is 4.79 Å². The first-order chi connectivity index (χ1) is 9.24. The number of carboxylic acids is 1. The molecule has 0 radical (unpaired) electrons. The molecule has 0 saturated carbocycles. The van der Waals surface area contributed by atoms with E-state index in [4.69, 9.17) is 5.11 Å². The predicted molar refractivity (Wildman–Crippen MR) is 67.8 cm³/mol. The topological polar surface area (TPSA) is 80.9 Å². The number of aromatic nitrogens is 4. The number of benzene rings is 1. The summed E-state index contributed by atoms with van der Waals surface area (Å²) in [6.45, 7) is 0.439. The molecule has 6 nitrogen and oxygen atoms in total. The van der Waals surface area contributed by atoms with Crippen LogP contribution in [0.5, 0.6) is 0 Å². The molecule has 0 fully saturated rings. The first kappa shape index (κ1) is 11.3. The highest BCUT2D eigenvalue weighted by molar-refractivity contribution is 5.84. The van der Waals surface area contributed by atoms with Crippen molar-refractivity contribution in [2.45, 2.75) is 6.54 Å². The largest absolute Gasteiger partial charge is 0.476 e. The summed E-state index contributed by atoms with van der Waals surface area (Å²) in [6.07, 6.45) is 3.14. The average molecular weight is 254 g/mol. The molecule has 2 aromatic heterocycles. The van der Waals surface area contributed by atoms with Gasteiger partial charge in [0.15, 0.2) is 5.69 Å². The molecule has 0 atom stereocenters. The molecule has 3 rings (SSSR count). The number of hydrogen-bond acceptors (Lipinski definition) is 4. The van der Waals surface area contributed by atoms with Crippen LogP contribution in [0.15, 0.2) is 42.7 Å². The lowest BCUT2D eigenvalue weighted by atomic mass is 10.1. The molecule has 0 unspecified atom stereocenters. The molecular formula is C13H10N4O2. The van der Waals surface area contributed by atoms with Crippen molar-refractivity contribution in [2.75, 3.05) is 0 Å². The summed E-state index contributed by atoms with van der Waals surface area (Å²) in [5.74, 6) is -1.08. The van der Waals surface area contributed by atoms with Gasteiger partial charge in [0.1, 0.15) is 0 Å². The van der Waals surface area contributed by atoms with Crippen LogP contribution in [0.25, 0.3) is 10.9 Å². The molecule has 3 aromatic rings. The van der Waals surface area contributed by atoms with Crippen LogP contribution in [0.1, 0.15) is 16.1 Å². The van der Waals surface area contributed by atoms with Gasteiger partial charge in [0.25, 0.3) is 0 Å². The van der Waals surface area contributed by atoms with Crippen LogP contribution >= 0.6 is 0 Å². The molecule has 2 heterocycles. The van der Waals surface area contributed by atoms with E-state index in [0.717, 1.165) is 16.5 Å². The summed E-state index contributed by atoms with van der Waals surface area (Å²) < 4.78 is 1.49. The van der Waals surface area contributed by atoms with Crippen LogP contribution in [0.2, 0.25) is 0 Å². The molecule has 0 spiro atoms. The monoisotopic (exact) mass is 254 g/mol. The summed E-state index contributed by atoms with van der Waals surface area (Å²) in [5.41, 5.74) is 1.80. The van der Waals surface area contributed by atoms with Gasteiger partial charge in [-0.2, -0.15) is 0 Å². The molecule has 19 heavy (non-hydrogen) atoms. The second kappa shape index (κ2) is 4.49. The first-order valence-electron chi connectivity index (χ1n) is 5.70. The molecule has 94 valence electrons. The van der Waals surface area contributed by atoms with E-state index in [1.807, 2.05) is 30.3 Å². The van der Waals surface area contributed by atoms with Gasteiger partial charge in [-0.25, -0.2) is 9.48 Å². The Morgan fingerprint density at radius 1 is 1.26 bits per heavy atom. The van der Waals surface area contributed by atoms with E-state index >= 15 is 0 Å². The van der Waals surface area contributed by atoms with E-state index in [1.54, 1.807) is 6.20 Å². The number of rotatable bonds is 3.